The smallest absolute Gasteiger partial charge is 0.337 e. The second kappa shape index (κ2) is 6.23. The number of carbonyl (C=O) groups is 2. The lowest BCUT2D eigenvalue weighted by atomic mass is 10.1. The van der Waals surface area contributed by atoms with Gasteiger partial charge in [-0.25, -0.2) is 14.0 Å². The van der Waals surface area contributed by atoms with Crippen molar-refractivity contribution in [2.75, 3.05) is 10.6 Å². The summed E-state index contributed by atoms with van der Waals surface area (Å²) in [5.74, 6) is -2.17. The van der Waals surface area contributed by atoms with Gasteiger partial charge < -0.3 is 15.7 Å². The third-order valence-corrected chi connectivity index (χ3v) is 2.84. The highest BCUT2D eigenvalue weighted by molar-refractivity contribution is 6.30. The fraction of sp³-hybridized carbons (Fsp3) is 0. The fourth-order valence-corrected chi connectivity index (χ4v) is 1.76. The van der Waals surface area contributed by atoms with Gasteiger partial charge in [-0.3, -0.25) is 0 Å². The summed E-state index contributed by atoms with van der Waals surface area (Å²) < 4.78 is 13.6. The normalized spacial score (nSPS) is 10.0. The molecule has 0 spiro atoms. The standard InChI is InChI=1S/C14H10ClFN2O3/c15-8-4-6-9(7-5-8)17-14(21)18-12-10(13(19)20)2-1-3-11(12)16/h1-7H,(H,19,20)(H2,17,18,21). The number of hydrogen-bond acceptors (Lipinski definition) is 2. The van der Waals surface area contributed by atoms with Crippen molar-refractivity contribution in [1.29, 1.82) is 0 Å². The van der Waals surface area contributed by atoms with Gasteiger partial charge in [-0.05, 0) is 36.4 Å². The Labute approximate surface area is 124 Å². The zero-order valence-electron chi connectivity index (χ0n) is 10.6. The van der Waals surface area contributed by atoms with Crippen LogP contribution in [0, 0.1) is 5.82 Å². The van der Waals surface area contributed by atoms with E-state index < -0.39 is 23.5 Å². The van der Waals surface area contributed by atoms with Crippen molar-refractivity contribution in [2.45, 2.75) is 0 Å². The maximum absolute atomic E-state index is 13.6. The molecule has 7 heteroatoms. The number of aromatic carboxylic acids is 1. The van der Waals surface area contributed by atoms with Gasteiger partial charge in [-0.1, -0.05) is 17.7 Å². The minimum absolute atomic E-state index is 0.332. The Morgan fingerprint density at radius 3 is 2.33 bits per heavy atom. The summed E-state index contributed by atoms with van der Waals surface area (Å²) in [5, 5.41) is 14.1. The van der Waals surface area contributed by atoms with Crippen LogP contribution in [0.1, 0.15) is 10.4 Å². The summed E-state index contributed by atoms with van der Waals surface area (Å²) in [5.41, 5.74) is -0.289. The lowest BCUT2D eigenvalue weighted by molar-refractivity contribution is 0.0697. The molecule has 2 aromatic carbocycles. The lowest BCUT2D eigenvalue weighted by Crippen LogP contribution is -2.21. The Morgan fingerprint density at radius 1 is 1.05 bits per heavy atom. The van der Waals surface area contributed by atoms with Crippen molar-refractivity contribution in [1.82, 2.24) is 0 Å². The maximum Gasteiger partial charge on any atom is 0.337 e. The second-order valence-electron chi connectivity index (χ2n) is 4.05. The summed E-state index contributed by atoms with van der Waals surface area (Å²) in [6, 6.07) is 9.01. The molecule has 108 valence electrons. The molecule has 2 rings (SSSR count). The maximum atomic E-state index is 13.6. The molecule has 0 bridgehead atoms. The molecule has 0 radical (unpaired) electrons. The van der Waals surface area contributed by atoms with E-state index in [-0.39, 0.29) is 5.56 Å². The number of halogens is 2. The molecule has 0 fully saturated rings. The Kier molecular flexibility index (Phi) is 4.39. The number of hydrogen-bond donors (Lipinski definition) is 3. The zero-order valence-corrected chi connectivity index (χ0v) is 11.3. The predicted molar refractivity (Wildman–Crippen MR) is 77.5 cm³/mol. The molecule has 0 saturated carbocycles. The van der Waals surface area contributed by atoms with Crippen molar-refractivity contribution in [3.8, 4) is 0 Å². The third-order valence-electron chi connectivity index (χ3n) is 2.58. The van der Waals surface area contributed by atoms with Gasteiger partial charge in [0.2, 0.25) is 0 Å². The van der Waals surface area contributed by atoms with Crippen LogP contribution >= 0.6 is 11.6 Å². The summed E-state index contributed by atoms with van der Waals surface area (Å²) in [7, 11) is 0. The van der Waals surface area contributed by atoms with Crippen molar-refractivity contribution in [3.05, 3.63) is 58.9 Å². The third kappa shape index (κ3) is 3.70. The highest BCUT2D eigenvalue weighted by Crippen LogP contribution is 2.20. The minimum atomic E-state index is -1.34. The average Bonchev–Trinajstić information content (AvgIpc) is 2.43. The van der Waals surface area contributed by atoms with Gasteiger partial charge in [0, 0.05) is 10.7 Å². The van der Waals surface area contributed by atoms with Crippen LogP contribution in [0.3, 0.4) is 0 Å². The SMILES string of the molecule is O=C(Nc1ccc(Cl)cc1)Nc1c(F)cccc1C(=O)O. The van der Waals surface area contributed by atoms with Gasteiger partial charge in [-0.15, -0.1) is 0 Å². The highest BCUT2D eigenvalue weighted by atomic mass is 35.5. The molecule has 2 aromatic rings. The Balaban J connectivity index is 2.16. The van der Waals surface area contributed by atoms with Gasteiger partial charge in [0.15, 0.2) is 0 Å². The van der Waals surface area contributed by atoms with Crippen LogP contribution in [0.2, 0.25) is 5.02 Å². The number of rotatable bonds is 3. The molecule has 0 unspecified atom stereocenters. The first-order valence-corrected chi connectivity index (χ1v) is 6.20. The van der Waals surface area contributed by atoms with E-state index in [4.69, 9.17) is 16.7 Å². The first-order chi connectivity index (χ1) is 9.97. The first-order valence-electron chi connectivity index (χ1n) is 5.83. The van der Waals surface area contributed by atoms with Gasteiger partial charge in [0.25, 0.3) is 0 Å². The van der Waals surface area contributed by atoms with Gasteiger partial charge in [-0.2, -0.15) is 0 Å². The van der Waals surface area contributed by atoms with Crippen LogP contribution < -0.4 is 10.6 Å². The quantitative estimate of drug-likeness (QED) is 0.806. The van der Waals surface area contributed by atoms with Crippen molar-refractivity contribution < 1.29 is 19.1 Å². The number of anilines is 2. The Bertz CT molecular complexity index is 689. The number of carboxylic acid groups (broad SMARTS) is 1. The summed E-state index contributed by atoms with van der Waals surface area (Å²) >= 11 is 5.71. The van der Waals surface area contributed by atoms with Gasteiger partial charge in [0.05, 0.1) is 11.3 Å². The van der Waals surface area contributed by atoms with Gasteiger partial charge in [0.1, 0.15) is 5.82 Å². The van der Waals surface area contributed by atoms with Crippen LogP contribution in [-0.4, -0.2) is 17.1 Å². The van der Waals surface area contributed by atoms with E-state index in [0.29, 0.717) is 10.7 Å². The molecule has 0 aliphatic carbocycles. The molecule has 21 heavy (non-hydrogen) atoms. The van der Waals surface area contributed by atoms with E-state index in [1.807, 2.05) is 0 Å². The topological polar surface area (TPSA) is 78.4 Å². The summed E-state index contributed by atoms with van der Waals surface area (Å²) in [4.78, 5) is 22.8. The molecule has 3 N–H and O–H groups in total. The molecule has 2 amide bonds. The Morgan fingerprint density at radius 2 is 1.71 bits per heavy atom. The largest absolute Gasteiger partial charge is 0.478 e. The molecular formula is C14H10ClFN2O3. The van der Waals surface area contributed by atoms with E-state index in [9.17, 15) is 14.0 Å². The molecule has 0 aliphatic rings. The van der Waals surface area contributed by atoms with E-state index in [0.717, 1.165) is 6.07 Å². The second-order valence-corrected chi connectivity index (χ2v) is 4.49. The number of carboxylic acids is 1. The Hall–Kier alpha value is -2.60. The minimum Gasteiger partial charge on any atom is -0.478 e. The molecular weight excluding hydrogens is 299 g/mol. The van der Waals surface area contributed by atoms with Crippen LogP contribution in [0.15, 0.2) is 42.5 Å². The molecule has 0 aromatic heterocycles. The molecule has 0 saturated heterocycles. The van der Waals surface area contributed by atoms with Crippen molar-refractivity contribution >= 4 is 35.0 Å². The lowest BCUT2D eigenvalue weighted by Gasteiger charge is -2.10. The molecule has 5 nitrogen and oxygen atoms in total. The van der Waals surface area contributed by atoms with E-state index in [1.165, 1.54) is 12.1 Å². The van der Waals surface area contributed by atoms with Crippen LogP contribution in [0.25, 0.3) is 0 Å². The zero-order chi connectivity index (χ0) is 15.4. The predicted octanol–water partition coefficient (Wildman–Crippen LogP) is 3.82. The average molecular weight is 309 g/mol. The number of carbonyl (C=O) groups excluding carboxylic acids is 1. The number of urea groups is 1. The number of amides is 2. The fourth-order valence-electron chi connectivity index (χ4n) is 1.64. The summed E-state index contributed by atoms with van der Waals surface area (Å²) in [6.07, 6.45) is 0. The molecule has 0 aliphatic heterocycles. The van der Waals surface area contributed by atoms with Crippen LogP contribution in [-0.2, 0) is 0 Å². The van der Waals surface area contributed by atoms with Crippen LogP contribution in [0.4, 0.5) is 20.6 Å². The highest BCUT2D eigenvalue weighted by Gasteiger charge is 2.16. The van der Waals surface area contributed by atoms with E-state index in [1.54, 1.807) is 24.3 Å². The molecule has 0 heterocycles. The van der Waals surface area contributed by atoms with Gasteiger partial charge >= 0.3 is 12.0 Å². The summed E-state index contributed by atoms with van der Waals surface area (Å²) in [6.45, 7) is 0. The van der Waals surface area contributed by atoms with Crippen molar-refractivity contribution in [3.63, 3.8) is 0 Å². The van der Waals surface area contributed by atoms with Crippen LogP contribution in [0.5, 0.6) is 0 Å². The monoisotopic (exact) mass is 308 g/mol. The number of benzene rings is 2. The van der Waals surface area contributed by atoms with E-state index >= 15 is 0 Å². The number of para-hydroxylation sites is 1. The first kappa shape index (κ1) is 14.8. The van der Waals surface area contributed by atoms with E-state index in [2.05, 4.69) is 10.6 Å². The number of nitrogens with one attached hydrogen (secondary N) is 2. The van der Waals surface area contributed by atoms with Crippen molar-refractivity contribution in [2.24, 2.45) is 0 Å². The molecule has 0 atom stereocenters.